The number of anilines is 3. The molecule has 0 aliphatic heterocycles. The number of halogens is 2. The summed E-state index contributed by atoms with van der Waals surface area (Å²) in [6, 6.07) is 10.7. The first-order valence-electron chi connectivity index (χ1n) is 12.4. The molecule has 0 aliphatic rings. The smallest absolute Gasteiger partial charge is 0.232 e. The topological polar surface area (TPSA) is 155 Å². The largest absolute Gasteiger partial charge is 0.496 e. The summed E-state index contributed by atoms with van der Waals surface area (Å²) in [4.78, 5) is 12.9. The molecule has 4 rings (SSSR count). The van der Waals surface area contributed by atoms with E-state index in [9.17, 15) is 12.8 Å². The Labute approximate surface area is 231 Å². The van der Waals surface area contributed by atoms with Crippen LogP contribution in [0.3, 0.4) is 0 Å². The lowest BCUT2D eigenvalue weighted by Gasteiger charge is -2.15. The molecule has 2 aromatic heterocycles. The van der Waals surface area contributed by atoms with Gasteiger partial charge in [-0.1, -0.05) is 12.1 Å². The van der Waals surface area contributed by atoms with E-state index in [0.29, 0.717) is 33.7 Å². The zero-order valence-electron chi connectivity index (χ0n) is 22.4. The normalized spacial score (nSPS) is 11.1. The molecule has 0 atom stereocenters. The number of methoxy groups -OCH3 is 1. The van der Waals surface area contributed by atoms with Gasteiger partial charge in [0.1, 0.15) is 17.4 Å². The molecule has 0 saturated heterocycles. The first kappa shape index (κ1) is 30.4. The van der Waals surface area contributed by atoms with Crippen molar-refractivity contribution in [2.75, 3.05) is 48.9 Å². The highest BCUT2D eigenvalue weighted by atomic mass is 32.2. The predicted octanol–water partition coefficient (Wildman–Crippen LogP) is 4.82. The second-order valence-corrected chi connectivity index (χ2v) is 10.2. The Hall–Kier alpha value is -4.10. The third-order valence-electron chi connectivity index (χ3n) is 5.60. The number of nitrogens with two attached hydrogens (primary N) is 2. The number of hydrogen-bond donors (Lipinski definition) is 3. The van der Waals surface area contributed by atoms with Crippen LogP contribution in [-0.4, -0.2) is 56.1 Å². The maximum Gasteiger partial charge on any atom is 0.232 e. The van der Waals surface area contributed by atoms with E-state index >= 15 is 4.39 Å². The predicted molar refractivity (Wildman–Crippen MR) is 154 cm³/mol. The quantitative estimate of drug-likeness (QED) is 0.242. The van der Waals surface area contributed by atoms with Crippen molar-refractivity contribution in [3.8, 4) is 28.3 Å². The van der Waals surface area contributed by atoms with Crippen LogP contribution in [0.5, 0.6) is 5.75 Å². The van der Waals surface area contributed by atoms with Crippen LogP contribution in [0.4, 0.5) is 26.1 Å². The molecule has 10 nitrogen and oxygen atoms in total. The van der Waals surface area contributed by atoms with Gasteiger partial charge in [-0.05, 0) is 44.5 Å². The summed E-state index contributed by atoms with van der Waals surface area (Å²) in [5, 5.41) is 0.446. The Morgan fingerprint density at radius 3 is 2.38 bits per heavy atom. The number of sulfonamides is 1. The molecule has 2 heterocycles. The maximum absolute atomic E-state index is 15.4. The molecule has 0 unspecified atom stereocenters. The molecular weight excluding hydrogens is 542 g/mol. The number of aromatic nitrogens is 3. The van der Waals surface area contributed by atoms with Crippen LogP contribution >= 0.6 is 0 Å². The van der Waals surface area contributed by atoms with Gasteiger partial charge in [0.05, 0.1) is 30.7 Å². The molecule has 0 bridgehead atoms. The summed E-state index contributed by atoms with van der Waals surface area (Å²) in [7, 11) is -2.51. The molecule has 0 spiro atoms. The van der Waals surface area contributed by atoms with E-state index in [1.165, 1.54) is 31.5 Å². The van der Waals surface area contributed by atoms with E-state index in [4.69, 9.17) is 20.9 Å². The van der Waals surface area contributed by atoms with Crippen molar-refractivity contribution < 1.29 is 26.7 Å². The Balaban J connectivity index is 0.000000810. The number of benzene rings is 2. The number of rotatable bonds is 10. The second kappa shape index (κ2) is 13.8. The molecule has 0 radical (unpaired) electrons. The zero-order valence-corrected chi connectivity index (χ0v) is 23.3. The van der Waals surface area contributed by atoms with Gasteiger partial charge in [0.15, 0.2) is 11.6 Å². The van der Waals surface area contributed by atoms with Gasteiger partial charge in [-0.15, -0.1) is 0 Å². The van der Waals surface area contributed by atoms with E-state index in [-0.39, 0.29) is 29.2 Å². The van der Waals surface area contributed by atoms with Gasteiger partial charge in [0, 0.05) is 47.6 Å². The number of hydrogen-bond acceptors (Lipinski definition) is 9. The van der Waals surface area contributed by atoms with Gasteiger partial charge in [-0.3, -0.25) is 9.11 Å². The van der Waals surface area contributed by atoms with Crippen LogP contribution in [-0.2, 0) is 14.8 Å². The molecule has 13 heteroatoms. The van der Waals surface area contributed by atoms with Gasteiger partial charge in [0.25, 0.3) is 0 Å². The molecule has 214 valence electrons. The number of nitrogens with one attached hydrogen (secondary N) is 1. The van der Waals surface area contributed by atoms with Crippen LogP contribution in [0.15, 0.2) is 48.7 Å². The minimum absolute atomic E-state index is 0.0700. The Morgan fingerprint density at radius 1 is 1.02 bits per heavy atom. The number of nitrogens with zero attached hydrogens (tertiary/aromatic N) is 3. The van der Waals surface area contributed by atoms with Crippen molar-refractivity contribution in [1.29, 1.82) is 0 Å². The highest BCUT2D eigenvalue weighted by molar-refractivity contribution is 7.92. The van der Waals surface area contributed by atoms with Gasteiger partial charge in [-0.2, -0.15) is 0 Å². The highest BCUT2D eigenvalue weighted by Gasteiger charge is 2.20. The van der Waals surface area contributed by atoms with Crippen LogP contribution in [0, 0.1) is 5.82 Å². The Kier molecular flexibility index (Phi) is 10.5. The third-order valence-corrected chi connectivity index (χ3v) is 6.96. The second-order valence-electron chi connectivity index (χ2n) is 8.39. The zero-order chi connectivity index (χ0) is 29.3. The number of pyridine rings is 1. The summed E-state index contributed by atoms with van der Waals surface area (Å²) < 4.78 is 64.6. The lowest BCUT2D eigenvalue weighted by molar-refractivity contribution is 0.162. The minimum atomic E-state index is -3.92. The standard InChI is InChI=1S/C23H22F2N6O3S.C4H10O/c1-34-19-11-18-16(22(27)30-23(29-18)13-6-7-20(26)28-12-13)10-15(19)14-4-2-5-17(21(14)25)31-35(32,33)9-3-8-24;1-3-5-4-2/h2,4-7,10-12,31H,3,8-9H2,1H3,(H2,26,28)(H2,27,29,30);3-4H2,1-2H3. The molecule has 40 heavy (non-hydrogen) atoms. The fourth-order valence-corrected chi connectivity index (χ4v) is 4.80. The summed E-state index contributed by atoms with van der Waals surface area (Å²) in [5.41, 5.74) is 13.0. The van der Waals surface area contributed by atoms with Crippen LogP contribution in [0.25, 0.3) is 33.4 Å². The number of fused-ring (bicyclic) bond motifs is 1. The highest BCUT2D eigenvalue weighted by Crippen LogP contribution is 2.38. The molecule has 0 saturated carbocycles. The Morgan fingerprint density at radius 2 is 1.77 bits per heavy atom. The van der Waals surface area contributed by atoms with E-state index in [1.807, 2.05) is 13.8 Å². The number of nitrogen functional groups attached to an aromatic ring is 2. The molecule has 0 aliphatic carbocycles. The molecule has 0 fully saturated rings. The van der Waals surface area contributed by atoms with Gasteiger partial charge in [0.2, 0.25) is 10.0 Å². The molecular formula is C27H32F2N6O4S. The summed E-state index contributed by atoms with van der Waals surface area (Å²) >= 11 is 0. The Bertz CT molecular complexity index is 1550. The average molecular weight is 575 g/mol. The number of ether oxygens (including phenoxy) is 2. The van der Waals surface area contributed by atoms with Crippen molar-refractivity contribution in [1.82, 2.24) is 15.0 Å². The third kappa shape index (κ3) is 7.51. The van der Waals surface area contributed by atoms with Crippen LogP contribution in [0.2, 0.25) is 0 Å². The first-order chi connectivity index (χ1) is 19.1. The van der Waals surface area contributed by atoms with Crippen LogP contribution < -0.4 is 20.9 Å². The van der Waals surface area contributed by atoms with E-state index in [2.05, 4.69) is 19.7 Å². The SMILES string of the molecule is CCOCC.COc1cc2nc(-c3ccc(N)nc3)nc(N)c2cc1-c1cccc(NS(=O)(=O)CCCF)c1F. The van der Waals surface area contributed by atoms with Crippen LogP contribution in [0.1, 0.15) is 20.3 Å². The van der Waals surface area contributed by atoms with Crippen molar-refractivity contribution in [3.05, 3.63) is 54.5 Å². The van der Waals surface area contributed by atoms with Crippen molar-refractivity contribution in [2.24, 2.45) is 0 Å². The molecule has 2 aromatic carbocycles. The molecule has 5 N–H and O–H groups in total. The van der Waals surface area contributed by atoms with Crippen molar-refractivity contribution in [2.45, 2.75) is 20.3 Å². The monoisotopic (exact) mass is 574 g/mol. The fraction of sp³-hybridized carbons (Fsp3) is 0.296. The lowest BCUT2D eigenvalue weighted by Crippen LogP contribution is -2.18. The van der Waals surface area contributed by atoms with Gasteiger partial charge >= 0.3 is 0 Å². The van der Waals surface area contributed by atoms with Crippen molar-refractivity contribution >= 4 is 38.2 Å². The lowest BCUT2D eigenvalue weighted by atomic mass is 10.0. The van der Waals surface area contributed by atoms with E-state index in [0.717, 1.165) is 13.2 Å². The summed E-state index contributed by atoms with van der Waals surface area (Å²) in [5.74, 6) is -0.178. The number of alkyl halides is 1. The fourth-order valence-electron chi connectivity index (χ4n) is 3.71. The summed E-state index contributed by atoms with van der Waals surface area (Å²) in [6.45, 7) is 4.87. The van der Waals surface area contributed by atoms with Gasteiger partial charge < -0.3 is 20.9 Å². The maximum atomic E-state index is 15.4. The molecule has 0 amide bonds. The van der Waals surface area contributed by atoms with Gasteiger partial charge in [-0.25, -0.2) is 27.8 Å². The van der Waals surface area contributed by atoms with E-state index in [1.54, 1.807) is 24.3 Å². The summed E-state index contributed by atoms with van der Waals surface area (Å²) in [6.07, 6.45) is 1.33. The first-order valence-corrected chi connectivity index (χ1v) is 14.1. The minimum Gasteiger partial charge on any atom is -0.496 e. The molecule has 4 aromatic rings. The van der Waals surface area contributed by atoms with E-state index < -0.39 is 28.3 Å². The van der Waals surface area contributed by atoms with Crippen molar-refractivity contribution in [3.63, 3.8) is 0 Å². The average Bonchev–Trinajstić information content (AvgIpc) is 2.93.